The number of rotatable bonds is 11. The van der Waals surface area contributed by atoms with Gasteiger partial charge in [0.15, 0.2) is 5.96 Å². The number of aliphatic imine (C=N–C) groups is 1. The van der Waals surface area contributed by atoms with Crippen molar-refractivity contribution in [3.63, 3.8) is 0 Å². The molecule has 0 aliphatic carbocycles. The molecule has 0 aliphatic rings. The number of nitrogens with one attached hydrogen (secondary N) is 2. The molecule has 0 aliphatic heterocycles. The standard InChI is InChI=1S/C22H35N5O/c1-5-23-22(26-16-21-24-13-14-27(21)17-18(2)3)25-12-9-15-28-19(4)20-10-7-6-8-11-20/h6-8,10-11,13-14,18-19H,5,9,12,15-17H2,1-4H3,(H2,23,25,26). The van der Waals surface area contributed by atoms with Gasteiger partial charge in [-0.2, -0.15) is 0 Å². The van der Waals surface area contributed by atoms with Gasteiger partial charge in [0.25, 0.3) is 0 Å². The molecule has 6 nitrogen and oxygen atoms in total. The van der Waals surface area contributed by atoms with Crippen LogP contribution >= 0.6 is 0 Å². The van der Waals surface area contributed by atoms with Gasteiger partial charge in [0, 0.05) is 38.6 Å². The largest absolute Gasteiger partial charge is 0.374 e. The van der Waals surface area contributed by atoms with Crippen molar-refractivity contribution >= 4 is 5.96 Å². The van der Waals surface area contributed by atoms with Gasteiger partial charge in [-0.05, 0) is 31.7 Å². The lowest BCUT2D eigenvalue weighted by atomic mass is 10.1. The van der Waals surface area contributed by atoms with Crippen molar-refractivity contribution in [1.29, 1.82) is 0 Å². The van der Waals surface area contributed by atoms with Crippen molar-refractivity contribution in [3.05, 3.63) is 54.1 Å². The van der Waals surface area contributed by atoms with Crippen molar-refractivity contribution < 1.29 is 4.74 Å². The van der Waals surface area contributed by atoms with E-state index in [4.69, 9.17) is 4.74 Å². The van der Waals surface area contributed by atoms with Gasteiger partial charge in [0.1, 0.15) is 12.4 Å². The maximum Gasteiger partial charge on any atom is 0.191 e. The molecule has 28 heavy (non-hydrogen) atoms. The second-order valence-electron chi connectivity index (χ2n) is 7.29. The van der Waals surface area contributed by atoms with E-state index in [1.54, 1.807) is 0 Å². The number of aromatic nitrogens is 2. The van der Waals surface area contributed by atoms with Crippen LogP contribution in [-0.2, 0) is 17.8 Å². The van der Waals surface area contributed by atoms with Gasteiger partial charge in [-0.25, -0.2) is 9.98 Å². The summed E-state index contributed by atoms with van der Waals surface area (Å²) >= 11 is 0. The SMILES string of the molecule is CCNC(=NCc1nccn1CC(C)C)NCCCOC(C)c1ccccc1. The molecule has 1 atom stereocenters. The van der Waals surface area contributed by atoms with Crippen LogP contribution in [0, 0.1) is 5.92 Å². The monoisotopic (exact) mass is 385 g/mol. The first-order valence-electron chi connectivity index (χ1n) is 10.3. The third-order valence-corrected chi connectivity index (χ3v) is 4.34. The molecule has 2 N–H and O–H groups in total. The molecule has 0 spiro atoms. The van der Waals surface area contributed by atoms with E-state index in [-0.39, 0.29) is 6.10 Å². The zero-order valence-electron chi connectivity index (χ0n) is 17.7. The minimum Gasteiger partial charge on any atom is -0.374 e. The van der Waals surface area contributed by atoms with Crippen LogP contribution < -0.4 is 10.6 Å². The van der Waals surface area contributed by atoms with Crippen LogP contribution in [0.2, 0.25) is 0 Å². The Kier molecular flexibility index (Phi) is 9.55. The molecule has 0 saturated heterocycles. The number of benzene rings is 1. The average molecular weight is 386 g/mol. The minimum atomic E-state index is 0.114. The van der Waals surface area contributed by atoms with E-state index < -0.39 is 0 Å². The smallest absolute Gasteiger partial charge is 0.191 e. The summed E-state index contributed by atoms with van der Waals surface area (Å²) in [6.07, 6.45) is 4.90. The summed E-state index contributed by atoms with van der Waals surface area (Å²) in [5.74, 6) is 2.39. The van der Waals surface area contributed by atoms with Crippen LogP contribution in [0.25, 0.3) is 0 Å². The number of ether oxygens (including phenoxy) is 1. The summed E-state index contributed by atoms with van der Waals surface area (Å²) in [7, 11) is 0. The number of imidazole rings is 1. The lowest BCUT2D eigenvalue weighted by Gasteiger charge is -2.15. The first-order valence-corrected chi connectivity index (χ1v) is 10.3. The topological polar surface area (TPSA) is 63.5 Å². The molecule has 154 valence electrons. The van der Waals surface area contributed by atoms with Crippen LogP contribution in [0.4, 0.5) is 0 Å². The summed E-state index contributed by atoms with van der Waals surface area (Å²) in [6.45, 7) is 12.5. The molecule has 1 heterocycles. The molecule has 1 aromatic carbocycles. The van der Waals surface area contributed by atoms with Crippen molar-refractivity contribution in [1.82, 2.24) is 20.2 Å². The molecule has 1 unspecified atom stereocenters. The summed E-state index contributed by atoms with van der Waals surface area (Å²) in [6, 6.07) is 10.3. The fourth-order valence-electron chi connectivity index (χ4n) is 2.90. The van der Waals surface area contributed by atoms with E-state index in [0.717, 1.165) is 37.8 Å². The summed E-state index contributed by atoms with van der Waals surface area (Å²) in [4.78, 5) is 9.11. The lowest BCUT2D eigenvalue weighted by molar-refractivity contribution is 0.0646. The minimum absolute atomic E-state index is 0.114. The summed E-state index contributed by atoms with van der Waals surface area (Å²) in [5.41, 5.74) is 1.21. The van der Waals surface area contributed by atoms with Gasteiger partial charge >= 0.3 is 0 Å². The van der Waals surface area contributed by atoms with E-state index in [1.165, 1.54) is 5.56 Å². The molecular weight excluding hydrogens is 350 g/mol. The Bertz CT molecular complexity index is 696. The zero-order chi connectivity index (χ0) is 20.2. The molecule has 1 aromatic heterocycles. The van der Waals surface area contributed by atoms with Crippen molar-refractivity contribution in [2.45, 2.75) is 53.3 Å². The second kappa shape index (κ2) is 12.2. The van der Waals surface area contributed by atoms with Crippen LogP contribution in [0.5, 0.6) is 0 Å². The molecule has 2 rings (SSSR count). The highest BCUT2D eigenvalue weighted by molar-refractivity contribution is 5.79. The van der Waals surface area contributed by atoms with Crippen LogP contribution in [0.15, 0.2) is 47.7 Å². The van der Waals surface area contributed by atoms with Crippen molar-refractivity contribution in [2.24, 2.45) is 10.9 Å². The van der Waals surface area contributed by atoms with Gasteiger partial charge in [0.05, 0.1) is 6.10 Å². The Hall–Kier alpha value is -2.34. The van der Waals surface area contributed by atoms with E-state index in [2.05, 4.69) is 65.0 Å². The molecule has 0 radical (unpaired) electrons. The molecule has 0 saturated carbocycles. The van der Waals surface area contributed by atoms with Gasteiger partial charge < -0.3 is 19.9 Å². The average Bonchev–Trinajstić information content (AvgIpc) is 3.12. The zero-order valence-corrected chi connectivity index (χ0v) is 17.7. The maximum absolute atomic E-state index is 5.93. The predicted octanol–water partition coefficient (Wildman–Crippen LogP) is 3.76. The van der Waals surface area contributed by atoms with Crippen molar-refractivity contribution in [3.8, 4) is 0 Å². The molecule has 0 fully saturated rings. The first-order chi connectivity index (χ1) is 13.6. The molecule has 0 amide bonds. The first kappa shape index (κ1) is 22.0. The predicted molar refractivity (Wildman–Crippen MR) is 115 cm³/mol. The third kappa shape index (κ3) is 7.72. The molecule has 2 aromatic rings. The maximum atomic E-state index is 5.93. The highest BCUT2D eigenvalue weighted by atomic mass is 16.5. The lowest BCUT2D eigenvalue weighted by Crippen LogP contribution is -2.38. The number of guanidine groups is 1. The van der Waals surface area contributed by atoms with Gasteiger partial charge in [0.2, 0.25) is 0 Å². The van der Waals surface area contributed by atoms with Crippen LogP contribution in [0.1, 0.15) is 51.6 Å². The second-order valence-corrected chi connectivity index (χ2v) is 7.29. The fourth-order valence-corrected chi connectivity index (χ4v) is 2.90. The number of hydrogen-bond acceptors (Lipinski definition) is 3. The fraction of sp³-hybridized carbons (Fsp3) is 0.545. The third-order valence-electron chi connectivity index (χ3n) is 4.34. The van der Waals surface area contributed by atoms with E-state index >= 15 is 0 Å². The normalized spacial score (nSPS) is 13.0. The highest BCUT2D eigenvalue weighted by Gasteiger charge is 2.06. The van der Waals surface area contributed by atoms with Crippen molar-refractivity contribution in [2.75, 3.05) is 19.7 Å². The highest BCUT2D eigenvalue weighted by Crippen LogP contribution is 2.15. The van der Waals surface area contributed by atoms with Gasteiger partial charge in [-0.15, -0.1) is 0 Å². The molecular formula is C22H35N5O. The summed E-state index contributed by atoms with van der Waals surface area (Å²) in [5, 5.41) is 6.67. The number of hydrogen-bond donors (Lipinski definition) is 2. The molecule has 0 bridgehead atoms. The molecule has 6 heteroatoms. The Morgan fingerprint density at radius 1 is 1.18 bits per heavy atom. The van der Waals surface area contributed by atoms with E-state index in [9.17, 15) is 0 Å². The van der Waals surface area contributed by atoms with Gasteiger partial charge in [-0.1, -0.05) is 44.2 Å². The Labute approximate surface area is 169 Å². The van der Waals surface area contributed by atoms with Gasteiger partial charge in [-0.3, -0.25) is 0 Å². The van der Waals surface area contributed by atoms with E-state index in [0.29, 0.717) is 19.1 Å². The summed E-state index contributed by atoms with van der Waals surface area (Å²) < 4.78 is 8.10. The van der Waals surface area contributed by atoms with E-state index in [1.807, 2.05) is 30.6 Å². The Morgan fingerprint density at radius 3 is 2.68 bits per heavy atom. The Balaban J connectivity index is 1.75. The number of nitrogens with zero attached hydrogens (tertiary/aromatic N) is 3. The van der Waals surface area contributed by atoms with Crippen LogP contribution in [0.3, 0.4) is 0 Å². The Morgan fingerprint density at radius 2 is 1.96 bits per heavy atom. The quantitative estimate of drug-likeness (QED) is 0.351. The van der Waals surface area contributed by atoms with Crippen LogP contribution in [-0.4, -0.2) is 35.2 Å².